The molecule has 0 radical (unpaired) electrons. The Balaban J connectivity index is 1.70. The molecule has 1 amide bonds. The topological polar surface area (TPSA) is 156 Å². The number of rotatable bonds is 11. The molecular weight excluding hydrogens is 496 g/mol. The van der Waals surface area contributed by atoms with Crippen molar-refractivity contribution in [3.8, 4) is 5.69 Å². The van der Waals surface area contributed by atoms with E-state index in [1.165, 1.54) is 29.2 Å². The van der Waals surface area contributed by atoms with Gasteiger partial charge in [0.2, 0.25) is 5.91 Å². The first-order valence-corrected chi connectivity index (χ1v) is 12.8. The molecule has 1 atom stereocenters. The Kier molecular flexibility index (Phi) is 8.55. The van der Waals surface area contributed by atoms with E-state index in [0.717, 1.165) is 6.26 Å². The van der Waals surface area contributed by atoms with Gasteiger partial charge in [-0.3, -0.25) is 4.79 Å². The van der Waals surface area contributed by atoms with Crippen LogP contribution in [-0.2, 0) is 14.6 Å². The van der Waals surface area contributed by atoms with E-state index in [4.69, 9.17) is 16.7 Å². The van der Waals surface area contributed by atoms with Gasteiger partial charge in [-0.2, -0.15) is 4.68 Å². The second-order valence-electron chi connectivity index (χ2n) is 7.68. The quantitative estimate of drug-likeness (QED) is 0.323. The predicted octanol–water partition coefficient (Wildman–Crippen LogP) is 2.06. The molecule has 1 heterocycles. The standard InChI is InChI=1S/C22H23ClN6O5S/c1-35(33,34)11-10-19(13-24-18-6-2-15(3-7-18)22(31)32)26-21(30)9-4-16-12-17(23)5-8-20(16)29-14-25-27-28-29/h2-9,12,14,19,24H,10-11,13H2,1H3,(H,26,30)(H,31,32)/b9-4+/t19-/m0/s1. The van der Waals surface area contributed by atoms with Crippen LogP contribution in [0.3, 0.4) is 0 Å². The van der Waals surface area contributed by atoms with E-state index in [1.54, 1.807) is 36.4 Å². The first kappa shape index (κ1) is 25.8. The molecule has 0 bridgehead atoms. The number of tetrazole rings is 1. The highest BCUT2D eigenvalue weighted by molar-refractivity contribution is 7.90. The van der Waals surface area contributed by atoms with Gasteiger partial charge in [0.1, 0.15) is 16.2 Å². The van der Waals surface area contributed by atoms with Crippen LogP contribution in [0.25, 0.3) is 11.8 Å². The van der Waals surface area contributed by atoms with Gasteiger partial charge in [0.25, 0.3) is 0 Å². The second-order valence-corrected chi connectivity index (χ2v) is 10.4. The monoisotopic (exact) mass is 518 g/mol. The maximum Gasteiger partial charge on any atom is 0.335 e. The number of sulfone groups is 1. The third-order valence-corrected chi connectivity index (χ3v) is 6.08. The van der Waals surface area contributed by atoms with E-state index >= 15 is 0 Å². The summed E-state index contributed by atoms with van der Waals surface area (Å²) in [7, 11) is -3.24. The molecule has 3 N–H and O–H groups in total. The first-order chi connectivity index (χ1) is 16.6. The summed E-state index contributed by atoms with van der Waals surface area (Å²) in [4.78, 5) is 23.6. The number of aromatic carboxylic acids is 1. The number of hydrogen-bond acceptors (Lipinski definition) is 8. The van der Waals surface area contributed by atoms with Crippen LogP contribution < -0.4 is 10.6 Å². The zero-order chi connectivity index (χ0) is 25.4. The molecule has 0 spiro atoms. The number of anilines is 1. The van der Waals surface area contributed by atoms with Crippen LogP contribution in [0, 0.1) is 0 Å². The van der Waals surface area contributed by atoms with Crippen molar-refractivity contribution >= 4 is 45.1 Å². The van der Waals surface area contributed by atoms with Gasteiger partial charge >= 0.3 is 5.97 Å². The number of aromatic nitrogens is 4. The van der Waals surface area contributed by atoms with Gasteiger partial charge in [-0.1, -0.05) is 11.6 Å². The van der Waals surface area contributed by atoms with Crippen molar-refractivity contribution < 1.29 is 23.1 Å². The summed E-state index contributed by atoms with van der Waals surface area (Å²) >= 11 is 6.10. The lowest BCUT2D eigenvalue weighted by atomic mass is 10.1. The molecule has 3 aromatic rings. The zero-order valence-electron chi connectivity index (χ0n) is 18.6. The van der Waals surface area contributed by atoms with Crippen LogP contribution in [-0.4, -0.2) is 70.2 Å². The largest absolute Gasteiger partial charge is 0.478 e. The first-order valence-electron chi connectivity index (χ1n) is 10.4. The van der Waals surface area contributed by atoms with Crippen LogP contribution in [0.5, 0.6) is 0 Å². The van der Waals surface area contributed by atoms with Crippen LogP contribution >= 0.6 is 11.6 Å². The van der Waals surface area contributed by atoms with Gasteiger partial charge in [0, 0.05) is 41.2 Å². The molecule has 0 saturated heterocycles. The molecule has 11 nitrogen and oxygen atoms in total. The van der Waals surface area contributed by atoms with E-state index in [2.05, 4.69) is 26.2 Å². The maximum absolute atomic E-state index is 12.6. The fourth-order valence-electron chi connectivity index (χ4n) is 3.11. The van der Waals surface area contributed by atoms with Gasteiger partial charge in [-0.15, -0.1) is 5.10 Å². The Morgan fingerprint density at radius 2 is 1.94 bits per heavy atom. The normalized spacial score (nSPS) is 12.4. The van der Waals surface area contributed by atoms with Crippen molar-refractivity contribution in [3.05, 3.63) is 71.0 Å². The summed E-state index contributed by atoms with van der Waals surface area (Å²) in [5.74, 6) is -1.59. The Morgan fingerprint density at radius 3 is 2.57 bits per heavy atom. The van der Waals surface area contributed by atoms with E-state index in [-0.39, 0.29) is 24.3 Å². The number of nitrogens with one attached hydrogen (secondary N) is 2. The number of benzene rings is 2. The summed E-state index contributed by atoms with van der Waals surface area (Å²) < 4.78 is 24.7. The van der Waals surface area contributed by atoms with Crippen LogP contribution in [0.15, 0.2) is 54.9 Å². The minimum atomic E-state index is -3.24. The molecule has 13 heteroatoms. The number of hydrogen-bond donors (Lipinski definition) is 3. The van der Waals surface area contributed by atoms with Gasteiger partial charge in [-0.05, 0) is 65.4 Å². The summed E-state index contributed by atoms with van der Waals surface area (Å²) in [5.41, 5.74) is 1.99. The lowest BCUT2D eigenvalue weighted by Gasteiger charge is -2.19. The molecule has 3 rings (SSSR count). The smallest absolute Gasteiger partial charge is 0.335 e. The maximum atomic E-state index is 12.6. The number of carbonyl (C=O) groups is 2. The van der Waals surface area contributed by atoms with Gasteiger partial charge < -0.3 is 15.7 Å². The third kappa shape index (κ3) is 8.19. The Morgan fingerprint density at radius 1 is 1.20 bits per heavy atom. The number of nitrogens with zero attached hydrogens (tertiary/aromatic N) is 4. The summed E-state index contributed by atoms with van der Waals surface area (Å²) in [6, 6.07) is 10.6. The summed E-state index contributed by atoms with van der Waals surface area (Å²) in [6.07, 6.45) is 5.60. The molecule has 35 heavy (non-hydrogen) atoms. The minimum absolute atomic E-state index is 0.112. The Labute approximate surface area is 206 Å². The fourth-order valence-corrected chi connectivity index (χ4v) is 4.00. The highest BCUT2D eigenvalue weighted by atomic mass is 35.5. The van der Waals surface area contributed by atoms with Crippen molar-refractivity contribution in [2.24, 2.45) is 0 Å². The molecular formula is C22H23ClN6O5S. The van der Waals surface area contributed by atoms with Gasteiger partial charge in [0.15, 0.2) is 0 Å². The van der Waals surface area contributed by atoms with Crippen molar-refractivity contribution in [1.29, 1.82) is 0 Å². The Bertz CT molecular complexity index is 1310. The van der Waals surface area contributed by atoms with Crippen molar-refractivity contribution in [3.63, 3.8) is 0 Å². The molecule has 1 aromatic heterocycles. The molecule has 2 aromatic carbocycles. The van der Waals surface area contributed by atoms with Gasteiger partial charge in [0.05, 0.1) is 17.0 Å². The average Bonchev–Trinajstić information content (AvgIpc) is 3.34. The van der Waals surface area contributed by atoms with Crippen LogP contribution in [0.2, 0.25) is 5.02 Å². The van der Waals surface area contributed by atoms with Crippen molar-refractivity contribution in [2.45, 2.75) is 12.5 Å². The van der Waals surface area contributed by atoms with E-state index < -0.39 is 27.8 Å². The number of carboxylic acids is 1. The molecule has 0 unspecified atom stereocenters. The SMILES string of the molecule is CS(=O)(=O)CC[C@@H](CNc1ccc(C(=O)O)cc1)NC(=O)/C=C/c1cc(Cl)ccc1-n1cnnn1. The third-order valence-electron chi connectivity index (χ3n) is 4.87. The number of carbonyl (C=O) groups excluding carboxylic acids is 1. The average molecular weight is 519 g/mol. The van der Waals surface area contributed by atoms with Crippen molar-refractivity contribution in [1.82, 2.24) is 25.5 Å². The number of amides is 1. The fraction of sp³-hybridized carbons (Fsp3) is 0.227. The van der Waals surface area contributed by atoms with Crippen molar-refractivity contribution in [2.75, 3.05) is 23.9 Å². The number of halogens is 1. The minimum Gasteiger partial charge on any atom is -0.478 e. The van der Waals surface area contributed by atoms with E-state index in [0.29, 0.717) is 22.0 Å². The molecule has 184 valence electrons. The van der Waals surface area contributed by atoms with E-state index in [1.807, 2.05) is 0 Å². The van der Waals surface area contributed by atoms with E-state index in [9.17, 15) is 18.0 Å². The lowest BCUT2D eigenvalue weighted by molar-refractivity contribution is -0.117. The van der Waals surface area contributed by atoms with Crippen LogP contribution in [0.4, 0.5) is 5.69 Å². The second kappa shape index (κ2) is 11.6. The summed E-state index contributed by atoms with van der Waals surface area (Å²) in [6.45, 7) is 0.231. The number of carboxylic acid groups (broad SMARTS) is 1. The predicted molar refractivity (Wildman–Crippen MR) is 131 cm³/mol. The van der Waals surface area contributed by atoms with Crippen LogP contribution in [0.1, 0.15) is 22.3 Å². The zero-order valence-corrected chi connectivity index (χ0v) is 20.2. The molecule has 0 aliphatic heterocycles. The highest BCUT2D eigenvalue weighted by Crippen LogP contribution is 2.20. The highest BCUT2D eigenvalue weighted by Gasteiger charge is 2.15. The Hall–Kier alpha value is -3.77. The molecule has 0 saturated carbocycles. The van der Waals surface area contributed by atoms with Gasteiger partial charge in [-0.25, -0.2) is 13.2 Å². The lowest BCUT2D eigenvalue weighted by Crippen LogP contribution is -2.40. The summed E-state index contributed by atoms with van der Waals surface area (Å²) in [5, 5.41) is 26.4. The molecule has 0 aliphatic rings. The molecule has 0 fully saturated rings. The molecule has 0 aliphatic carbocycles.